The fourth-order valence-corrected chi connectivity index (χ4v) is 2.38. The van der Waals surface area contributed by atoms with E-state index in [9.17, 15) is 0 Å². The largest absolute Gasteiger partial charge is 0.498 e. The summed E-state index contributed by atoms with van der Waals surface area (Å²) in [5.74, 6) is 1.34. The SMILES string of the molecule is Cc1ncc(-c2ncc(B3OC(C)(C)C(C)(C)O3)cn2)c(C)n1. The van der Waals surface area contributed by atoms with E-state index in [1.807, 2.05) is 41.5 Å². The van der Waals surface area contributed by atoms with E-state index in [1.54, 1.807) is 18.6 Å². The summed E-state index contributed by atoms with van der Waals surface area (Å²) >= 11 is 0. The Morgan fingerprint density at radius 1 is 0.870 bits per heavy atom. The van der Waals surface area contributed by atoms with Crippen LogP contribution in [0, 0.1) is 13.8 Å². The summed E-state index contributed by atoms with van der Waals surface area (Å²) in [5.41, 5.74) is 1.74. The molecule has 0 unspecified atom stereocenters. The third-order valence-electron chi connectivity index (χ3n) is 4.54. The lowest BCUT2D eigenvalue weighted by molar-refractivity contribution is 0.00578. The fraction of sp³-hybridized carbons (Fsp3) is 0.500. The van der Waals surface area contributed by atoms with E-state index >= 15 is 0 Å². The van der Waals surface area contributed by atoms with Crippen molar-refractivity contribution in [3.63, 3.8) is 0 Å². The summed E-state index contributed by atoms with van der Waals surface area (Å²) in [6.45, 7) is 11.9. The van der Waals surface area contributed by atoms with Gasteiger partial charge < -0.3 is 9.31 Å². The van der Waals surface area contributed by atoms with Crippen molar-refractivity contribution in [1.82, 2.24) is 19.9 Å². The Bertz CT molecular complexity index is 715. The first-order chi connectivity index (χ1) is 10.7. The molecular formula is C16H21BN4O2. The predicted octanol–water partition coefficient (Wildman–Crippen LogP) is 1.85. The molecule has 0 amide bonds. The van der Waals surface area contributed by atoms with Gasteiger partial charge in [-0.3, -0.25) is 0 Å². The Morgan fingerprint density at radius 2 is 1.43 bits per heavy atom. The summed E-state index contributed by atoms with van der Waals surface area (Å²) in [4.78, 5) is 17.4. The highest BCUT2D eigenvalue weighted by molar-refractivity contribution is 6.61. The maximum atomic E-state index is 6.01. The van der Waals surface area contributed by atoms with Crippen LogP contribution in [0.3, 0.4) is 0 Å². The zero-order valence-electron chi connectivity index (χ0n) is 14.4. The van der Waals surface area contributed by atoms with Gasteiger partial charge in [0.15, 0.2) is 5.82 Å². The van der Waals surface area contributed by atoms with E-state index in [0.717, 1.165) is 22.5 Å². The fourth-order valence-electron chi connectivity index (χ4n) is 2.38. The van der Waals surface area contributed by atoms with Crippen LogP contribution in [0.2, 0.25) is 0 Å². The van der Waals surface area contributed by atoms with Gasteiger partial charge in [0, 0.05) is 24.1 Å². The Kier molecular flexibility index (Phi) is 3.73. The maximum absolute atomic E-state index is 6.01. The van der Waals surface area contributed by atoms with E-state index in [1.165, 1.54) is 0 Å². The number of rotatable bonds is 2. The Hall–Kier alpha value is -1.86. The molecule has 0 spiro atoms. The molecule has 0 radical (unpaired) electrons. The molecule has 23 heavy (non-hydrogen) atoms. The third-order valence-corrected chi connectivity index (χ3v) is 4.54. The molecule has 0 aliphatic carbocycles. The lowest BCUT2D eigenvalue weighted by atomic mass is 9.81. The summed E-state index contributed by atoms with van der Waals surface area (Å²) in [6.07, 6.45) is 5.23. The number of aromatic nitrogens is 4. The van der Waals surface area contributed by atoms with E-state index < -0.39 is 7.12 Å². The quantitative estimate of drug-likeness (QED) is 0.788. The van der Waals surface area contributed by atoms with E-state index in [0.29, 0.717) is 5.82 Å². The van der Waals surface area contributed by atoms with Gasteiger partial charge in [-0.1, -0.05) is 0 Å². The van der Waals surface area contributed by atoms with Gasteiger partial charge in [0.25, 0.3) is 0 Å². The highest BCUT2D eigenvalue weighted by Crippen LogP contribution is 2.36. The van der Waals surface area contributed by atoms with Crippen molar-refractivity contribution >= 4 is 12.6 Å². The minimum atomic E-state index is -0.454. The number of aryl methyl sites for hydroxylation is 2. The van der Waals surface area contributed by atoms with E-state index in [-0.39, 0.29) is 11.2 Å². The van der Waals surface area contributed by atoms with Crippen LogP contribution in [-0.4, -0.2) is 38.3 Å². The van der Waals surface area contributed by atoms with Gasteiger partial charge >= 0.3 is 7.12 Å². The van der Waals surface area contributed by atoms with Crippen LogP contribution in [-0.2, 0) is 9.31 Å². The van der Waals surface area contributed by atoms with Gasteiger partial charge in [-0.25, -0.2) is 19.9 Å². The Balaban J connectivity index is 1.86. The lowest BCUT2D eigenvalue weighted by Gasteiger charge is -2.32. The molecular weight excluding hydrogens is 291 g/mol. The minimum absolute atomic E-state index is 0.377. The van der Waals surface area contributed by atoms with Gasteiger partial charge in [-0.05, 0) is 41.5 Å². The summed E-state index contributed by atoms with van der Waals surface area (Å²) in [7, 11) is -0.454. The van der Waals surface area contributed by atoms with Crippen LogP contribution in [0.15, 0.2) is 18.6 Å². The van der Waals surface area contributed by atoms with Gasteiger partial charge in [0.1, 0.15) is 5.82 Å². The van der Waals surface area contributed by atoms with Crippen molar-refractivity contribution in [3.05, 3.63) is 30.1 Å². The molecule has 0 bridgehead atoms. The maximum Gasteiger partial charge on any atom is 0.498 e. The number of hydrogen-bond acceptors (Lipinski definition) is 6. The number of nitrogens with zero attached hydrogens (tertiary/aromatic N) is 4. The molecule has 3 heterocycles. The van der Waals surface area contributed by atoms with Gasteiger partial charge in [0.2, 0.25) is 0 Å². The van der Waals surface area contributed by atoms with Crippen LogP contribution in [0.5, 0.6) is 0 Å². The molecule has 0 atom stereocenters. The molecule has 0 saturated carbocycles. The first-order valence-electron chi connectivity index (χ1n) is 7.68. The van der Waals surface area contributed by atoms with E-state index in [4.69, 9.17) is 9.31 Å². The molecule has 2 aromatic rings. The number of hydrogen-bond donors (Lipinski definition) is 0. The molecule has 120 valence electrons. The first-order valence-corrected chi connectivity index (χ1v) is 7.68. The topological polar surface area (TPSA) is 70.0 Å². The molecule has 0 aromatic carbocycles. The van der Waals surface area contributed by atoms with Crippen molar-refractivity contribution in [2.75, 3.05) is 0 Å². The highest BCUT2D eigenvalue weighted by atomic mass is 16.7. The summed E-state index contributed by atoms with van der Waals surface area (Å²) in [5, 5.41) is 0. The molecule has 6 nitrogen and oxygen atoms in total. The summed E-state index contributed by atoms with van der Waals surface area (Å²) < 4.78 is 12.0. The molecule has 3 rings (SSSR count). The average Bonchev–Trinajstić information content (AvgIpc) is 2.68. The van der Waals surface area contributed by atoms with Crippen LogP contribution < -0.4 is 5.46 Å². The Labute approximate surface area is 136 Å². The van der Waals surface area contributed by atoms with Crippen LogP contribution in [0.4, 0.5) is 0 Å². The molecule has 1 aliphatic heterocycles. The second-order valence-corrected chi connectivity index (χ2v) is 6.84. The zero-order valence-corrected chi connectivity index (χ0v) is 14.4. The van der Waals surface area contributed by atoms with Crippen molar-refractivity contribution in [2.24, 2.45) is 0 Å². The molecule has 2 aromatic heterocycles. The standard InChI is InChI=1S/C16H21BN4O2/c1-10-13(9-18-11(2)21-10)14-19-7-12(8-20-14)17-22-15(3,4)16(5,6)23-17/h7-9H,1-6H3. The molecule has 1 aliphatic rings. The van der Waals surface area contributed by atoms with Crippen molar-refractivity contribution in [1.29, 1.82) is 0 Å². The van der Waals surface area contributed by atoms with Crippen LogP contribution in [0.25, 0.3) is 11.4 Å². The first kappa shape index (κ1) is 16.0. The van der Waals surface area contributed by atoms with Crippen molar-refractivity contribution in [3.8, 4) is 11.4 Å². The van der Waals surface area contributed by atoms with E-state index in [2.05, 4.69) is 19.9 Å². The van der Waals surface area contributed by atoms with Crippen LogP contribution >= 0.6 is 0 Å². The molecule has 1 saturated heterocycles. The molecule has 0 N–H and O–H groups in total. The van der Waals surface area contributed by atoms with Crippen LogP contribution in [0.1, 0.15) is 39.2 Å². The smallest absolute Gasteiger partial charge is 0.399 e. The van der Waals surface area contributed by atoms with Crippen molar-refractivity contribution < 1.29 is 9.31 Å². The van der Waals surface area contributed by atoms with Gasteiger partial charge in [-0.2, -0.15) is 0 Å². The zero-order chi connectivity index (χ0) is 16.8. The summed E-state index contributed by atoms with van der Waals surface area (Å²) in [6, 6.07) is 0. The van der Waals surface area contributed by atoms with Crippen molar-refractivity contribution in [2.45, 2.75) is 52.7 Å². The van der Waals surface area contributed by atoms with Gasteiger partial charge in [-0.15, -0.1) is 0 Å². The normalized spacial score (nSPS) is 19.1. The lowest BCUT2D eigenvalue weighted by Crippen LogP contribution is -2.41. The minimum Gasteiger partial charge on any atom is -0.399 e. The second kappa shape index (κ2) is 5.35. The molecule has 7 heteroatoms. The Morgan fingerprint density at radius 3 is 1.96 bits per heavy atom. The second-order valence-electron chi connectivity index (χ2n) is 6.84. The monoisotopic (exact) mass is 312 g/mol. The average molecular weight is 312 g/mol. The predicted molar refractivity (Wildman–Crippen MR) is 88.2 cm³/mol. The van der Waals surface area contributed by atoms with Gasteiger partial charge in [0.05, 0.1) is 22.5 Å². The molecule has 1 fully saturated rings. The third kappa shape index (κ3) is 2.86. The highest BCUT2D eigenvalue weighted by Gasteiger charge is 2.51.